The fourth-order valence-electron chi connectivity index (χ4n) is 2.70. The van der Waals surface area contributed by atoms with E-state index in [1.165, 1.54) is 0 Å². The first kappa shape index (κ1) is 15.6. The summed E-state index contributed by atoms with van der Waals surface area (Å²) < 4.78 is 5.80. The number of aliphatic hydroxyl groups excluding tert-OH is 1. The fourth-order valence-corrected chi connectivity index (χ4v) is 3.19. The summed E-state index contributed by atoms with van der Waals surface area (Å²) in [4.78, 5) is 0. The van der Waals surface area contributed by atoms with Crippen molar-refractivity contribution in [2.24, 2.45) is 5.92 Å². The van der Waals surface area contributed by atoms with Crippen LogP contribution in [0.4, 0.5) is 0 Å². The number of aromatic hydroxyl groups is 1. The highest BCUT2D eigenvalue weighted by Crippen LogP contribution is 2.35. The zero-order valence-electron chi connectivity index (χ0n) is 11.7. The van der Waals surface area contributed by atoms with E-state index in [0.29, 0.717) is 28.8 Å². The SMILES string of the molecule is COc1cc(CNC2CCC(CO)CC2)cc(Br)c1O. The number of hydrogen-bond acceptors (Lipinski definition) is 4. The Labute approximate surface area is 128 Å². The highest BCUT2D eigenvalue weighted by Gasteiger charge is 2.20. The maximum atomic E-state index is 9.78. The molecule has 1 aromatic rings. The maximum absolute atomic E-state index is 9.78. The largest absolute Gasteiger partial charge is 0.503 e. The Morgan fingerprint density at radius 2 is 2.00 bits per heavy atom. The normalized spacial score (nSPS) is 22.8. The summed E-state index contributed by atoms with van der Waals surface area (Å²) in [5.41, 5.74) is 1.08. The van der Waals surface area contributed by atoms with Crippen LogP contribution in [-0.4, -0.2) is 30.0 Å². The molecule has 0 saturated heterocycles. The van der Waals surface area contributed by atoms with Gasteiger partial charge in [-0.15, -0.1) is 0 Å². The van der Waals surface area contributed by atoms with Gasteiger partial charge in [0.25, 0.3) is 0 Å². The quantitative estimate of drug-likeness (QED) is 0.769. The lowest BCUT2D eigenvalue weighted by molar-refractivity contribution is 0.175. The van der Waals surface area contributed by atoms with Gasteiger partial charge in [0.1, 0.15) is 0 Å². The zero-order valence-corrected chi connectivity index (χ0v) is 13.3. The van der Waals surface area contributed by atoms with Gasteiger partial charge in [-0.25, -0.2) is 0 Å². The van der Waals surface area contributed by atoms with Gasteiger partial charge in [0.15, 0.2) is 11.5 Å². The zero-order chi connectivity index (χ0) is 14.5. The van der Waals surface area contributed by atoms with Crippen LogP contribution in [0.5, 0.6) is 11.5 Å². The van der Waals surface area contributed by atoms with E-state index in [1.807, 2.05) is 12.1 Å². The second-order valence-electron chi connectivity index (χ2n) is 5.41. The number of phenols is 1. The summed E-state index contributed by atoms with van der Waals surface area (Å²) >= 11 is 3.34. The van der Waals surface area contributed by atoms with Crippen molar-refractivity contribution in [3.8, 4) is 11.5 Å². The molecule has 0 unspecified atom stereocenters. The van der Waals surface area contributed by atoms with E-state index in [-0.39, 0.29) is 5.75 Å². The predicted molar refractivity (Wildman–Crippen MR) is 82.0 cm³/mol. The van der Waals surface area contributed by atoms with E-state index in [4.69, 9.17) is 9.84 Å². The van der Waals surface area contributed by atoms with E-state index < -0.39 is 0 Å². The molecule has 0 radical (unpaired) electrons. The molecule has 2 rings (SSSR count). The van der Waals surface area contributed by atoms with Crippen molar-refractivity contribution < 1.29 is 14.9 Å². The minimum atomic E-state index is 0.139. The minimum absolute atomic E-state index is 0.139. The van der Waals surface area contributed by atoms with Crippen molar-refractivity contribution in [3.05, 3.63) is 22.2 Å². The van der Waals surface area contributed by atoms with Crippen LogP contribution < -0.4 is 10.1 Å². The summed E-state index contributed by atoms with van der Waals surface area (Å²) in [6.45, 7) is 1.07. The van der Waals surface area contributed by atoms with E-state index >= 15 is 0 Å². The Morgan fingerprint density at radius 1 is 1.30 bits per heavy atom. The number of hydrogen-bond donors (Lipinski definition) is 3. The van der Waals surface area contributed by atoms with Crippen molar-refractivity contribution >= 4 is 15.9 Å². The first-order valence-electron chi connectivity index (χ1n) is 7.03. The van der Waals surface area contributed by atoms with Crippen LogP contribution in [0.3, 0.4) is 0 Å². The summed E-state index contributed by atoms with van der Waals surface area (Å²) in [6.07, 6.45) is 4.41. The van der Waals surface area contributed by atoms with Crippen molar-refractivity contribution in [3.63, 3.8) is 0 Å². The van der Waals surface area contributed by atoms with Gasteiger partial charge >= 0.3 is 0 Å². The van der Waals surface area contributed by atoms with Crippen LogP contribution in [0.25, 0.3) is 0 Å². The van der Waals surface area contributed by atoms with Crippen LogP contribution in [-0.2, 0) is 6.54 Å². The highest BCUT2D eigenvalue weighted by atomic mass is 79.9. The Hall–Kier alpha value is -0.780. The molecule has 0 aromatic heterocycles. The summed E-state index contributed by atoms with van der Waals surface area (Å²) in [7, 11) is 1.55. The number of ether oxygens (including phenoxy) is 1. The van der Waals surface area contributed by atoms with Crippen molar-refractivity contribution in [2.45, 2.75) is 38.3 Å². The molecule has 0 aliphatic heterocycles. The highest BCUT2D eigenvalue weighted by molar-refractivity contribution is 9.10. The Morgan fingerprint density at radius 3 is 2.60 bits per heavy atom. The van der Waals surface area contributed by atoms with E-state index in [1.54, 1.807) is 7.11 Å². The molecule has 0 bridgehead atoms. The van der Waals surface area contributed by atoms with Crippen molar-refractivity contribution in [1.29, 1.82) is 0 Å². The molecule has 112 valence electrons. The molecule has 0 amide bonds. The molecule has 1 saturated carbocycles. The minimum Gasteiger partial charge on any atom is -0.503 e. The number of aliphatic hydroxyl groups is 1. The van der Waals surface area contributed by atoms with Gasteiger partial charge in [0, 0.05) is 19.2 Å². The van der Waals surface area contributed by atoms with Crippen LogP contribution >= 0.6 is 15.9 Å². The van der Waals surface area contributed by atoms with Crippen LogP contribution in [0.2, 0.25) is 0 Å². The van der Waals surface area contributed by atoms with Crippen molar-refractivity contribution in [2.75, 3.05) is 13.7 Å². The molecular weight excluding hydrogens is 322 g/mol. The smallest absolute Gasteiger partial charge is 0.172 e. The number of phenolic OH excluding ortho intramolecular Hbond substituents is 1. The third-order valence-corrected chi connectivity index (χ3v) is 4.61. The number of benzene rings is 1. The first-order chi connectivity index (χ1) is 9.63. The monoisotopic (exact) mass is 343 g/mol. The van der Waals surface area contributed by atoms with Gasteiger partial charge in [0.2, 0.25) is 0 Å². The number of rotatable bonds is 5. The van der Waals surface area contributed by atoms with Gasteiger partial charge in [0.05, 0.1) is 11.6 Å². The lowest BCUT2D eigenvalue weighted by atomic mass is 9.86. The first-order valence-corrected chi connectivity index (χ1v) is 7.83. The summed E-state index contributed by atoms with van der Waals surface area (Å²) in [6, 6.07) is 4.27. The Bertz CT molecular complexity index is 445. The van der Waals surface area contributed by atoms with Crippen LogP contribution in [0, 0.1) is 5.92 Å². The van der Waals surface area contributed by atoms with Gasteiger partial charge in [-0.3, -0.25) is 0 Å². The molecule has 0 atom stereocenters. The molecule has 20 heavy (non-hydrogen) atoms. The second kappa shape index (κ2) is 7.29. The number of methoxy groups -OCH3 is 1. The Balaban J connectivity index is 1.90. The lowest BCUT2D eigenvalue weighted by Crippen LogP contribution is -2.33. The summed E-state index contributed by atoms with van der Waals surface area (Å²) in [5, 5.41) is 22.5. The van der Waals surface area contributed by atoms with Gasteiger partial charge in [-0.2, -0.15) is 0 Å². The van der Waals surface area contributed by atoms with Crippen LogP contribution in [0.15, 0.2) is 16.6 Å². The van der Waals surface area contributed by atoms with Gasteiger partial charge in [-0.1, -0.05) is 0 Å². The summed E-state index contributed by atoms with van der Waals surface area (Å²) in [5.74, 6) is 1.11. The standard InChI is InChI=1S/C15H22BrNO3/c1-20-14-7-11(6-13(16)15(14)19)8-17-12-4-2-10(9-18)3-5-12/h6-7,10,12,17-19H,2-5,8-9H2,1H3. The molecule has 1 aliphatic rings. The average molecular weight is 344 g/mol. The molecule has 1 aliphatic carbocycles. The molecule has 0 heterocycles. The molecular formula is C15H22BrNO3. The predicted octanol–water partition coefficient (Wildman–Crippen LogP) is 2.80. The topological polar surface area (TPSA) is 61.7 Å². The third kappa shape index (κ3) is 3.87. The van der Waals surface area contributed by atoms with Gasteiger partial charge in [-0.05, 0) is 65.2 Å². The molecule has 1 fully saturated rings. The molecule has 5 heteroatoms. The van der Waals surface area contributed by atoms with E-state index in [2.05, 4.69) is 21.2 Å². The fraction of sp³-hybridized carbons (Fsp3) is 0.600. The van der Waals surface area contributed by atoms with Gasteiger partial charge < -0.3 is 20.3 Å². The number of halogens is 1. The second-order valence-corrected chi connectivity index (χ2v) is 6.26. The van der Waals surface area contributed by atoms with Crippen molar-refractivity contribution in [1.82, 2.24) is 5.32 Å². The molecule has 4 nitrogen and oxygen atoms in total. The Kier molecular flexibility index (Phi) is 5.69. The number of nitrogens with one attached hydrogen (secondary N) is 1. The molecule has 1 aromatic carbocycles. The third-order valence-electron chi connectivity index (χ3n) is 4.01. The molecule has 3 N–H and O–H groups in total. The van der Waals surface area contributed by atoms with E-state index in [0.717, 1.165) is 37.8 Å². The molecule has 0 spiro atoms. The van der Waals surface area contributed by atoms with E-state index in [9.17, 15) is 5.11 Å². The van der Waals surface area contributed by atoms with Crippen LogP contribution in [0.1, 0.15) is 31.2 Å². The maximum Gasteiger partial charge on any atom is 0.172 e. The lowest BCUT2D eigenvalue weighted by Gasteiger charge is -2.28. The average Bonchev–Trinajstić information content (AvgIpc) is 2.48.